The lowest BCUT2D eigenvalue weighted by Gasteiger charge is -2.31. The Hall–Kier alpha value is -3.99. The first kappa shape index (κ1) is 37.5. The highest BCUT2D eigenvalue weighted by atomic mass is 79.9. The van der Waals surface area contributed by atoms with Crippen molar-refractivity contribution in [1.29, 1.82) is 5.26 Å². The number of esters is 1. The van der Waals surface area contributed by atoms with Crippen LogP contribution in [-0.2, 0) is 23.5 Å². The molecule has 5 rings (SSSR count). The summed E-state index contributed by atoms with van der Waals surface area (Å²) in [5.41, 5.74) is 3.72. The Morgan fingerprint density at radius 3 is 2.53 bits per heavy atom. The van der Waals surface area contributed by atoms with Crippen LogP contribution >= 0.6 is 23.7 Å². The zero-order valence-electron chi connectivity index (χ0n) is 26.3. The van der Waals surface area contributed by atoms with Crippen molar-refractivity contribution in [3.05, 3.63) is 117 Å². The highest BCUT2D eigenvalue weighted by molar-refractivity contribution is 7.10. The average molecular weight is 742 g/mol. The fraction of sp³-hybridized carbons (Fsp3) is 0.265. The van der Waals surface area contributed by atoms with E-state index < -0.39 is 17.3 Å². The molecule has 0 spiro atoms. The van der Waals surface area contributed by atoms with Crippen LogP contribution in [0.25, 0.3) is 11.3 Å². The topological polar surface area (TPSA) is 117 Å². The molecule has 0 radical (unpaired) electrons. The number of carbonyl (C=O) groups excluding carboxylic acids is 1. The molecule has 2 aromatic heterocycles. The van der Waals surface area contributed by atoms with E-state index >= 15 is 0 Å². The van der Waals surface area contributed by atoms with Gasteiger partial charge in [0.05, 0.1) is 35.4 Å². The number of carbonyl (C=O) groups is 1. The fourth-order valence-corrected chi connectivity index (χ4v) is 6.32. The highest BCUT2D eigenvalue weighted by Gasteiger charge is 2.41. The molecular formula is C34H35BrClFN6O3S. The average Bonchev–Trinajstić information content (AvgIpc) is 3.69. The summed E-state index contributed by atoms with van der Waals surface area (Å²) in [6, 6.07) is 19.2. The first-order valence-electron chi connectivity index (χ1n) is 14.4. The monoisotopic (exact) mass is 740 g/mol. The third-order valence-corrected chi connectivity index (χ3v) is 8.73. The molecule has 0 saturated carbocycles. The second kappa shape index (κ2) is 16.2. The van der Waals surface area contributed by atoms with Crippen LogP contribution in [0.3, 0.4) is 0 Å². The quantitative estimate of drug-likeness (QED) is 0.121. The predicted molar refractivity (Wildman–Crippen MR) is 175 cm³/mol. The van der Waals surface area contributed by atoms with Crippen LogP contribution in [-0.4, -0.2) is 39.4 Å². The molecule has 47 heavy (non-hydrogen) atoms. The van der Waals surface area contributed by atoms with E-state index in [1.54, 1.807) is 48.6 Å². The van der Waals surface area contributed by atoms with E-state index in [1.807, 2.05) is 55.0 Å². The number of benzene rings is 3. The van der Waals surface area contributed by atoms with E-state index in [9.17, 15) is 14.3 Å². The van der Waals surface area contributed by atoms with Gasteiger partial charge in [-0.2, -0.15) is 5.26 Å². The number of thiazole rings is 1. The second-order valence-corrected chi connectivity index (χ2v) is 12.0. The standard InChI is InChI=1S/C34H34FN6O3S.BrH.ClH/c1-22-12-26(13-23(2)32(22)44-31(42)16-37-4)17-40-20-38-41(21-40)19-34(43,28-6-5-7-29(35)14-28)24(3)33-39-30(18-45-33)27-10-8-25(15-36)9-11-27;;/h5-14,18,20-21,24,37,43H,16-17,19H2,1-4H3;2*1H/q+1;;/p-1/t24-,34+;;/m0../s1. The molecule has 2 N–H and O–H groups in total. The van der Waals surface area contributed by atoms with E-state index in [2.05, 4.69) is 16.5 Å². The molecule has 0 unspecified atom stereocenters. The lowest BCUT2D eigenvalue weighted by atomic mass is 9.82. The van der Waals surface area contributed by atoms with Crippen molar-refractivity contribution in [1.82, 2.24) is 20.1 Å². The van der Waals surface area contributed by atoms with E-state index in [-0.39, 0.29) is 48.4 Å². The van der Waals surface area contributed by atoms with Crippen LogP contribution < -0.4 is 31.6 Å². The Morgan fingerprint density at radius 2 is 1.89 bits per heavy atom. The predicted octanol–water partition coefficient (Wildman–Crippen LogP) is 2.21. The number of ether oxygens (including phenoxy) is 1. The third kappa shape index (κ3) is 8.68. The lowest BCUT2D eigenvalue weighted by Crippen LogP contribution is -3.00. The molecule has 0 aliphatic rings. The first-order valence-corrected chi connectivity index (χ1v) is 15.3. The number of hydrogen-bond donors (Lipinski definition) is 2. The van der Waals surface area contributed by atoms with Crippen LogP contribution in [0.5, 0.6) is 5.75 Å². The molecule has 2 atom stereocenters. The molecule has 0 bridgehead atoms. The number of likely N-dealkylation sites (N-methyl/N-ethyl adjacent to an activating group) is 1. The number of nitriles is 1. The number of aryl methyl sites for hydroxylation is 2. The molecule has 0 aliphatic heterocycles. The Balaban J connectivity index is 0.00000300. The van der Waals surface area contributed by atoms with Crippen molar-refractivity contribution < 1.29 is 40.6 Å². The Bertz CT molecular complexity index is 1850. The van der Waals surface area contributed by atoms with E-state index in [4.69, 9.17) is 15.0 Å². The molecular weight excluding hydrogens is 707 g/mol. The minimum atomic E-state index is -1.54. The molecule has 13 heteroatoms. The summed E-state index contributed by atoms with van der Waals surface area (Å²) in [4.78, 5) is 16.8. The molecule has 3 aromatic carbocycles. The number of nitrogens with one attached hydrogen (secondary N) is 1. The van der Waals surface area contributed by atoms with E-state index in [0.717, 1.165) is 27.9 Å². The van der Waals surface area contributed by atoms with Gasteiger partial charge in [0.2, 0.25) is 6.33 Å². The number of aromatic nitrogens is 4. The first-order chi connectivity index (χ1) is 21.6. The minimum absolute atomic E-state index is 0. The molecule has 0 saturated heterocycles. The summed E-state index contributed by atoms with van der Waals surface area (Å²) >= 11 is 1.42. The number of halogens is 3. The minimum Gasteiger partial charge on any atom is -1.00 e. The lowest BCUT2D eigenvalue weighted by molar-refractivity contribution is -0.689. The summed E-state index contributed by atoms with van der Waals surface area (Å²) in [5, 5.41) is 31.3. The van der Waals surface area contributed by atoms with Crippen molar-refractivity contribution in [2.45, 2.75) is 45.4 Å². The summed E-state index contributed by atoms with van der Waals surface area (Å²) in [6.45, 7) is 6.35. The number of rotatable bonds is 11. The number of nitrogens with zero attached hydrogens (tertiary/aromatic N) is 5. The van der Waals surface area contributed by atoms with Gasteiger partial charge >= 0.3 is 5.97 Å². The number of hydrogen-bond acceptors (Lipinski definition) is 8. The van der Waals surface area contributed by atoms with Gasteiger partial charge in [-0.25, -0.2) is 13.9 Å². The maximum absolute atomic E-state index is 14.4. The zero-order chi connectivity index (χ0) is 32.1. The van der Waals surface area contributed by atoms with Crippen molar-refractivity contribution in [3.63, 3.8) is 0 Å². The molecule has 0 fully saturated rings. The molecule has 5 aromatic rings. The smallest absolute Gasteiger partial charge is 0.325 e. The molecule has 0 amide bonds. The van der Waals surface area contributed by atoms with Crippen molar-refractivity contribution in [3.8, 4) is 23.1 Å². The van der Waals surface area contributed by atoms with Crippen LogP contribution in [0.2, 0.25) is 0 Å². The van der Waals surface area contributed by atoms with Crippen molar-refractivity contribution in [2.75, 3.05) is 13.6 Å². The van der Waals surface area contributed by atoms with Gasteiger partial charge < -0.3 is 32.1 Å². The van der Waals surface area contributed by atoms with Gasteiger partial charge in [-0.1, -0.05) is 31.2 Å². The summed E-state index contributed by atoms with van der Waals surface area (Å²) in [7, 11) is 1.69. The van der Waals surface area contributed by atoms with Crippen LogP contribution in [0.4, 0.5) is 4.39 Å². The Kier molecular flexibility index (Phi) is 12.9. The van der Waals surface area contributed by atoms with Crippen molar-refractivity contribution in [2.24, 2.45) is 0 Å². The molecule has 246 valence electrons. The zero-order valence-corrected chi connectivity index (χ0v) is 29.5. The van der Waals surface area contributed by atoms with Crippen molar-refractivity contribution >= 4 is 29.7 Å². The summed E-state index contributed by atoms with van der Waals surface area (Å²) in [5.74, 6) is -0.761. The SMILES string of the molecule is CNCC(=O)Oc1c(C)cc(C[n+]2cnn(C[C@](O)(c3cccc(F)c3)[C@@H](C)c3nc(-c4ccc(C#N)cc4)cs3)c2)cc1C.Cl.[Br-]. The van der Waals surface area contributed by atoms with E-state index in [1.165, 1.54) is 23.5 Å². The fourth-order valence-electron chi connectivity index (χ4n) is 5.35. The Morgan fingerprint density at radius 1 is 1.19 bits per heavy atom. The third-order valence-electron chi connectivity index (χ3n) is 7.70. The molecule has 2 heterocycles. The Labute approximate surface area is 293 Å². The summed E-state index contributed by atoms with van der Waals surface area (Å²) < 4.78 is 23.5. The van der Waals surface area contributed by atoms with Crippen LogP contribution in [0, 0.1) is 31.0 Å². The maximum atomic E-state index is 14.4. The normalized spacial score (nSPS) is 12.6. The molecule has 9 nitrogen and oxygen atoms in total. The van der Waals surface area contributed by atoms with Crippen LogP contribution in [0.15, 0.2) is 78.7 Å². The second-order valence-electron chi connectivity index (χ2n) is 11.1. The van der Waals surface area contributed by atoms with Gasteiger partial charge in [0.25, 0.3) is 6.33 Å². The van der Waals surface area contributed by atoms with Crippen LogP contribution in [0.1, 0.15) is 45.7 Å². The van der Waals surface area contributed by atoms with Gasteiger partial charge in [-0.05, 0) is 79.5 Å². The molecule has 0 aliphatic carbocycles. The largest absolute Gasteiger partial charge is 1.00 e. The summed E-state index contributed by atoms with van der Waals surface area (Å²) in [6.07, 6.45) is 3.47. The van der Waals surface area contributed by atoms with Gasteiger partial charge in [0.1, 0.15) is 23.7 Å². The maximum Gasteiger partial charge on any atom is 0.325 e. The van der Waals surface area contributed by atoms with Gasteiger partial charge in [0, 0.05) is 22.0 Å². The number of aliphatic hydroxyl groups is 1. The van der Waals surface area contributed by atoms with E-state index in [0.29, 0.717) is 28.4 Å². The highest BCUT2D eigenvalue weighted by Crippen LogP contribution is 2.40. The van der Waals surface area contributed by atoms with Gasteiger partial charge in [-0.3, -0.25) is 4.79 Å². The van der Waals surface area contributed by atoms with Gasteiger partial charge in [-0.15, -0.1) is 28.4 Å². The van der Waals surface area contributed by atoms with Gasteiger partial charge in [0.15, 0.2) is 0 Å².